The summed E-state index contributed by atoms with van der Waals surface area (Å²) in [7, 11) is 0. The smallest absolute Gasteiger partial charge is 0.0367 e. The van der Waals surface area contributed by atoms with Gasteiger partial charge in [-0.2, -0.15) is 0 Å². The standard InChI is InChI=1S/C17H19N.ClH/c1-2-9-16(14-10-5-3-6-11-14)17(18)15-12-7-4-8-13-15;/h2-8,10-13,16-17H,1,9,18H2;1H. The molecule has 0 aliphatic heterocycles. The first-order valence-electron chi connectivity index (χ1n) is 6.29. The van der Waals surface area contributed by atoms with Crippen LogP contribution in [0.2, 0.25) is 0 Å². The van der Waals surface area contributed by atoms with Gasteiger partial charge in [-0.1, -0.05) is 66.7 Å². The van der Waals surface area contributed by atoms with E-state index in [1.165, 1.54) is 11.1 Å². The molecule has 0 heterocycles. The minimum Gasteiger partial charge on any atom is -0.323 e. The van der Waals surface area contributed by atoms with Crippen LogP contribution in [0.3, 0.4) is 0 Å². The van der Waals surface area contributed by atoms with Crippen molar-refractivity contribution in [2.24, 2.45) is 5.73 Å². The molecule has 0 saturated carbocycles. The summed E-state index contributed by atoms with van der Waals surface area (Å²) in [6.45, 7) is 3.85. The largest absolute Gasteiger partial charge is 0.323 e. The molecule has 0 aromatic heterocycles. The Morgan fingerprint density at radius 1 is 0.895 bits per heavy atom. The van der Waals surface area contributed by atoms with Crippen LogP contribution in [-0.2, 0) is 0 Å². The molecule has 1 nitrogen and oxygen atoms in total. The third-order valence-electron chi connectivity index (χ3n) is 3.27. The third-order valence-corrected chi connectivity index (χ3v) is 3.27. The van der Waals surface area contributed by atoms with E-state index in [9.17, 15) is 0 Å². The van der Waals surface area contributed by atoms with E-state index in [4.69, 9.17) is 5.73 Å². The van der Waals surface area contributed by atoms with E-state index >= 15 is 0 Å². The first-order chi connectivity index (χ1) is 8.83. The van der Waals surface area contributed by atoms with Gasteiger partial charge in [0.15, 0.2) is 0 Å². The molecule has 0 spiro atoms. The highest BCUT2D eigenvalue weighted by atomic mass is 35.5. The SMILES string of the molecule is C=CCC(c1ccccc1)C(N)c1ccccc1.Cl. The predicted molar refractivity (Wildman–Crippen MR) is 84.6 cm³/mol. The molecule has 19 heavy (non-hydrogen) atoms. The average molecular weight is 274 g/mol. The first kappa shape index (κ1) is 15.5. The molecule has 2 N–H and O–H groups in total. The second kappa shape index (κ2) is 7.78. The molecule has 2 heteroatoms. The molecule has 100 valence electrons. The second-order valence-electron chi connectivity index (χ2n) is 4.48. The highest BCUT2D eigenvalue weighted by Crippen LogP contribution is 2.31. The lowest BCUT2D eigenvalue weighted by Gasteiger charge is -2.23. The maximum Gasteiger partial charge on any atom is 0.0367 e. The molecule has 2 atom stereocenters. The number of hydrogen-bond acceptors (Lipinski definition) is 1. The van der Waals surface area contributed by atoms with E-state index in [2.05, 4.69) is 43.0 Å². The highest BCUT2D eigenvalue weighted by molar-refractivity contribution is 5.85. The topological polar surface area (TPSA) is 26.0 Å². The Bertz CT molecular complexity index is 481. The van der Waals surface area contributed by atoms with Crippen molar-refractivity contribution in [2.75, 3.05) is 0 Å². The van der Waals surface area contributed by atoms with Crippen LogP contribution in [0, 0.1) is 0 Å². The monoisotopic (exact) mass is 273 g/mol. The molecule has 0 radical (unpaired) electrons. The van der Waals surface area contributed by atoms with E-state index in [0.29, 0.717) is 0 Å². The number of benzene rings is 2. The molecular formula is C17H20ClN. The van der Waals surface area contributed by atoms with Crippen LogP contribution in [0.5, 0.6) is 0 Å². The summed E-state index contributed by atoms with van der Waals surface area (Å²) >= 11 is 0. The van der Waals surface area contributed by atoms with E-state index in [0.717, 1.165) is 6.42 Å². The number of hydrogen-bond donors (Lipinski definition) is 1. The van der Waals surface area contributed by atoms with Crippen molar-refractivity contribution in [3.8, 4) is 0 Å². The fraction of sp³-hybridized carbons (Fsp3) is 0.176. The van der Waals surface area contributed by atoms with Gasteiger partial charge in [0, 0.05) is 12.0 Å². The molecule has 0 fully saturated rings. The number of allylic oxidation sites excluding steroid dienone is 1. The molecule has 0 bridgehead atoms. The number of nitrogens with two attached hydrogens (primary N) is 1. The Balaban J connectivity index is 0.00000180. The van der Waals surface area contributed by atoms with Gasteiger partial charge in [-0.3, -0.25) is 0 Å². The molecule has 2 unspecified atom stereocenters. The second-order valence-corrected chi connectivity index (χ2v) is 4.48. The van der Waals surface area contributed by atoms with Gasteiger partial charge in [0.25, 0.3) is 0 Å². The van der Waals surface area contributed by atoms with Crippen molar-refractivity contribution in [3.63, 3.8) is 0 Å². The van der Waals surface area contributed by atoms with Gasteiger partial charge in [-0.05, 0) is 17.5 Å². The van der Waals surface area contributed by atoms with E-state index in [-0.39, 0.29) is 24.4 Å². The van der Waals surface area contributed by atoms with Crippen LogP contribution in [0.4, 0.5) is 0 Å². The number of rotatable bonds is 5. The lowest BCUT2D eigenvalue weighted by atomic mass is 9.85. The summed E-state index contributed by atoms with van der Waals surface area (Å²) in [5.74, 6) is 0.283. The van der Waals surface area contributed by atoms with Crippen LogP contribution in [0.25, 0.3) is 0 Å². The summed E-state index contributed by atoms with van der Waals surface area (Å²) in [6.07, 6.45) is 2.83. The lowest BCUT2D eigenvalue weighted by Crippen LogP contribution is -2.19. The normalized spacial score (nSPS) is 13.1. The fourth-order valence-corrected chi connectivity index (χ4v) is 2.28. The first-order valence-corrected chi connectivity index (χ1v) is 6.29. The molecule has 2 aromatic rings. The van der Waals surface area contributed by atoms with Crippen molar-refractivity contribution < 1.29 is 0 Å². The quantitative estimate of drug-likeness (QED) is 0.800. The van der Waals surface area contributed by atoms with Crippen LogP contribution in [-0.4, -0.2) is 0 Å². The van der Waals surface area contributed by atoms with E-state index in [1.54, 1.807) is 0 Å². The summed E-state index contributed by atoms with van der Waals surface area (Å²) in [6, 6.07) is 20.7. The van der Waals surface area contributed by atoms with Gasteiger partial charge in [0.1, 0.15) is 0 Å². The Morgan fingerprint density at radius 3 is 1.84 bits per heavy atom. The van der Waals surface area contributed by atoms with Gasteiger partial charge < -0.3 is 5.73 Å². The average Bonchev–Trinajstić information content (AvgIpc) is 2.46. The zero-order valence-electron chi connectivity index (χ0n) is 10.9. The van der Waals surface area contributed by atoms with Crippen molar-refractivity contribution >= 4 is 12.4 Å². The van der Waals surface area contributed by atoms with Gasteiger partial charge >= 0.3 is 0 Å². The molecule has 2 rings (SSSR count). The van der Waals surface area contributed by atoms with E-state index in [1.807, 2.05) is 30.3 Å². The van der Waals surface area contributed by atoms with E-state index < -0.39 is 0 Å². The number of halogens is 1. The van der Waals surface area contributed by atoms with Crippen LogP contribution in [0.1, 0.15) is 29.5 Å². The van der Waals surface area contributed by atoms with Gasteiger partial charge in [-0.15, -0.1) is 19.0 Å². The highest BCUT2D eigenvalue weighted by Gasteiger charge is 2.19. The van der Waals surface area contributed by atoms with Crippen molar-refractivity contribution in [1.82, 2.24) is 0 Å². The fourth-order valence-electron chi connectivity index (χ4n) is 2.28. The summed E-state index contributed by atoms with van der Waals surface area (Å²) in [4.78, 5) is 0. The molecule has 2 aromatic carbocycles. The minimum absolute atomic E-state index is 0. The van der Waals surface area contributed by atoms with Crippen LogP contribution >= 0.6 is 12.4 Å². The zero-order valence-corrected chi connectivity index (χ0v) is 11.7. The summed E-state index contributed by atoms with van der Waals surface area (Å²) in [5, 5.41) is 0. The molecule has 0 aliphatic carbocycles. The van der Waals surface area contributed by atoms with Gasteiger partial charge in [0.2, 0.25) is 0 Å². The van der Waals surface area contributed by atoms with Gasteiger partial charge in [0.05, 0.1) is 0 Å². The Labute approximate surface area is 121 Å². The van der Waals surface area contributed by atoms with Crippen molar-refractivity contribution in [2.45, 2.75) is 18.4 Å². The molecular weight excluding hydrogens is 254 g/mol. The minimum atomic E-state index is 0. The lowest BCUT2D eigenvalue weighted by molar-refractivity contribution is 0.560. The Kier molecular flexibility index (Phi) is 6.34. The Morgan fingerprint density at radius 2 is 1.37 bits per heavy atom. The molecule has 0 aliphatic rings. The van der Waals surface area contributed by atoms with Crippen LogP contribution in [0.15, 0.2) is 73.3 Å². The van der Waals surface area contributed by atoms with Gasteiger partial charge in [-0.25, -0.2) is 0 Å². The summed E-state index contributed by atoms with van der Waals surface area (Å²) < 4.78 is 0. The van der Waals surface area contributed by atoms with Crippen molar-refractivity contribution in [3.05, 3.63) is 84.4 Å². The third kappa shape index (κ3) is 3.95. The molecule has 0 amide bonds. The zero-order chi connectivity index (χ0) is 12.8. The van der Waals surface area contributed by atoms with Crippen LogP contribution < -0.4 is 5.73 Å². The maximum atomic E-state index is 6.41. The predicted octanol–water partition coefficient (Wildman–Crippen LogP) is 4.47. The van der Waals surface area contributed by atoms with Crippen molar-refractivity contribution in [1.29, 1.82) is 0 Å². The molecule has 0 saturated heterocycles. The Hall–Kier alpha value is -1.57. The maximum absolute atomic E-state index is 6.41. The summed E-state index contributed by atoms with van der Waals surface area (Å²) in [5.41, 5.74) is 8.86.